The third kappa shape index (κ3) is 3.74. The van der Waals surface area contributed by atoms with Crippen LogP contribution in [0.3, 0.4) is 0 Å². The molecule has 2 aromatic rings. The molecule has 5 nitrogen and oxygen atoms in total. The predicted molar refractivity (Wildman–Crippen MR) is 94.6 cm³/mol. The molecule has 0 amide bonds. The van der Waals surface area contributed by atoms with Gasteiger partial charge in [-0.15, -0.1) is 10.2 Å². The number of aryl methyl sites for hydroxylation is 1. The summed E-state index contributed by atoms with van der Waals surface area (Å²) in [7, 11) is 0. The fourth-order valence-electron chi connectivity index (χ4n) is 2.97. The Balaban J connectivity index is 2.02. The molecular formula is C18H17F2N3O2S. The number of carbonyl (C=O) groups is 1. The van der Waals surface area contributed by atoms with Gasteiger partial charge in [0.15, 0.2) is 22.9 Å². The van der Waals surface area contributed by atoms with Gasteiger partial charge in [-0.2, -0.15) is 0 Å². The van der Waals surface area contributed by atoms with Crippen LogP contribution in [-0.4, -0.2) is 41.8 Å². The van der Waals surface area contributed by atoms with Crippen LogP contribution in [0.25, 0.3) is 0 Å². The molecule has 136 valence electrons. The summed E-state index contributed by atoms with van der Waals surface area (Å²) in [5, 5.41) is 8.76. The fraction of sp³-hybridized carbons (Fsp3) is 0.389. The lowest BCUT2D eigenvalue weighted by atomic mass is 10.1. The monoisotopic (exact) mass is 377 g/mol. The number of rotatable bonds is 2. The van der Waals surface area contributed by atoms with Gasteiger partial charge in [0.1, 0.15) is 5.01 Å². The predicted octanol–water partition coefficient (Wildman–Crippen LogP) is 2.95. The summed E-state index contributed by atoms with van der Waals surface area (Å²) in [5.74, 6) is 3.05. The minimum absolute atomic E-state index is 0.0446. The van der Waals surface area contributed by atoms with Crippen LogP contribution in [0.2, 0.25) is 0 Å². The van der Waals surface area contributed by atoms with Crippen molar-refractivity contribution in [2.45, 2.75) is 33.0 Å². The molecule has 0 bridgehead atoms. The average Bonchev–Trinajstić information content (AvgIpc) is 3.00. The molecule has 1 aromatic heterocycles. The highest BCUT2D eigenvalue weighted by molar-refractivity contribution is 7.11. The quantitative estimate of drug-likeness (QED) is 0.595. The number of anilines is 1. The van der Waals surface area contributed by atoms with Crippen LogP contribution in [0.5, 0.6) is 0 Å². The van der Waals surface area contributed by atoms with E-state index >= 15 is 0 Å². The number of hydrogen-bond donors (Lipinski definition) is 0. The van der Waals surface area contributed by atoms with Crippen LogP contribution >= 0.6 is 11.3 Å². The highest BCUT2D eigenvalue weighted by Gasteiger charge is 2.28. The molecule has 1 aliphatic heterocycles. The van der Waals surface area contributed by atoms with Crippen LogP contribution in [0.4, 0.5) is 14.5 Å². The molecule has 1 saturated heterocycles. The Kier molecular flexibility index (Phi) is 5.30. The van der Waals surface area contributed by atoms with Crippen LogP contribution in [0.15, 0.2) is 6.07 Å². The summed E-state index contributed by atoms with van der Waals surface area (Å²) in [4.78, 5) is 13.2. The smallest absolute Gasteiger partial charge is 0.191 e. The van der Waals surface area contributed by atoms with E-state index in [0.717, 1.165) is 5.01 Å². The van der Waals surface area contributed by atoms with Crippen LogP contribution in [0.1, 0.15) is 39.8 Å². The first kappa shape index (κ1) is 18.4. The maximum Gasteiger partial charge on any atom is 0.191 e. The van der Waals surface area contributed by atoms with Crippen LogP contribution < -0.4 is 4.90 Å². The Bertz CT molecular complexity index is 894. The Labute approximate surface area is 154 Å². The molecule has 0 aliphatic carbocycles. The summed E-state index contributed by atoms with van der Waals surface area (Å²) >= 11 is 1.25. The molecule has 0 unspecified atom stereocenters. The molecule has 1 aliphatic rings. The molecule has 1 fully saturated rings. The van der Waals surface area contributed by atoms with E-state index in [1.165, 1.54) is 17.4 Å². The number of aldehydes is 1. The largest absolute Gasteiger partial charge is 0.372 e. The minimum Gasteiger partial charge on any atom is -0.372 e. The highest BCUT2D eigenvalue weighted by Crippen LogP contribution is 2.30. The maximum absolute atomic E-state index is 14.8. The number of ether oxygens (including phenoxy) is 1. The van der Waals surface area contributed by atoms with Crippen molar-refractivity contribution in [1.29, 1.82) is 0 Å². The van der Waals surface area contributed by atoms with Crippen molar-refractivity contribution in [1.82, 2.24) is 10.2 Å². The number of halogens is 2. The van der Waals surface area contributed by atoms with Gasteiger partial charge in [0.2, 0.25) is 0 Å². The summed E-state index contributed by atoms with van der Waals surface area (Å²) < 4.78 is 34.9. The molecule has 1 aromatic carbocycles. The second kappa shape index (κ2) is 7.48. The van der Waals surface area contributed by atoms with Crippen molar-refractivity contribution >= 4 is 23.3 Å². The molecule has 26 heavy (non-hydrogen) atoms. The number of morpholine rings is 1. The molecule has 8 heteroatoms. The van der Waals surface area contributed by atoms with E-state index in [9.17, 15) is 13.6 Å². The SMILES string of the molecule is Cc1nnc(C#Cc2cc(C=O)c(N3C[C@@H](C)O[C@@H](C)C3)c(F)c2F)s1. The number of aromatic nitrogens is 2. The lowest BCUT2D eigenvalue weighted by molar-refractivity contribution is -0.00547. The van der Waals surface area contributed by atoms with Crippen molar-refractivity contribution in [2.24, 2.45) is 0 Å². The van der Waals surface area contributed by atoms with E-state index < -0.39 is 11.6 Å². The van der Waals surface area contributed by atoms with Gasteiger partial charge in [0.25, 0.3) is 0 Å². The van der Waals surface area contributed by atoms with Gasteiger partial charge >= 0.3 is 0 Å². The number of carbonyl (C=O) groups excluding carboxylic acids is 1. The van der Waals surface area contributed by atoms with Crippen molar-refractivity contribution in [3.8, 4) is 11.8 Å². The Morgan fingerprint density at radius 1 is 1.23 bits per heavy atom. The highest BCUT2D eigenvalue weighted by atomic mass is 32.1. The Hall–Kier alpha value is -2.37. The first-order valence-electron chi connectivity index (χ1n) is 8.08. The zero-order chi connectivity index (χ0) is 18.8. The van der Waals surface area contributed by atoms with E-state index in [2.05, 4.69) is 22.0 Å². The molecule has 3 rings (SSSR count). The van der Waals surface area contributed by atoms with Crippen LogP contribution in [-0.2, 0) is 4.74 Å². The summed E-state index contributed by atoms with van der Waals surface area (Å²) in [6, 6.07) is 1.27. The number of nitrogens with zero attached hydrogens (tertiary/aromatic N) is 3. The zero-order valence-corrected chi connectivity index (χ0v) is 15.4. The van der Waals surface area contributed by atoms with E-state index in [0.29, 0.717) is 24.4 Å². The van der Waals surface area contributed by atoms with Crippen LogP contribution in [0, 0.1) is 30.4 Å². The van der Waals surface area contributed by atoms with E-state index in [1.54, 1.807) is 11.8 Å². The summed E-state index contributed by atoms with van der Waals surface area (Å²) in [5.41, 5.74) is -0.171. The summed E-state index contributed by atoms with van der Waals surface area (Å²) in [6.45, 7) is 6.21. The molecule has 0 N–H and O–H groups in total. The molecule has 0 spiro atoms. The first-order valence-corrected chi connectivity index (χ1v) is 8.90. The van der Waals surface area contributed by atoms with Gasteiger partial charge in [0.05, 0.1) is 23.5 Å². The fourth-order valence-corrected chi connectivity index (χ4v) is 3.51. The van der Waals surface area contributed by atoms with Gasteiger partial charge in [-0.3, -0.25) is 4.79 Å². The Morgan fingerprint density at radius 2 is 1.92 bits per heavy atom. The lowest BCUT2D eigenvalue weighted by Gasteiger charge is -2.37. The molecule has 2 heterocycles. The third-order valence-corrected chi connectivity index (χ3v) is 4.66. The molecule has 0 radical (unpaired) electrons. The van der Waals surface area contributed by atoms with E-state index in [-0.39, 0.29) is 29.0 Å². The molecule has 0 saturated carbocycles. The van der Waals surface area contributed by atoms with Gasteiger partial charge < -0.3 is 9.64 Å². The van der Waals surface area contributed by atoms with Crippen molar-refractivity contribution in [2.75, 3.05) is 18.0 Å². The minimum atomic E-state index is -1.08. The molecular weight excluding hydrogens is 360 g/mol. The van der Waals surface area contributed by atoms with Crippen molar-refractivity contribution < 1.29 is 18.3 Å². The van der Waals surface area contributed by atoms with Gasteiger partial charge in [-0.25, -0.2) is 8.78 Å². The van der Waals surface area contributed by atoms with Gasteiger partial charge in [-0.1, -0.05) is 17.3 Å². The van der Waals surface area contributed by atoms with E-state index in [4.69, 9.17) is 4.74 Å². The van der Waals surface area contributed by atoms with E-state index in [1.807, 2.05) is 13.8 Å². The van der Waals surface area contributed by atoms with Crippen molar-refractivity contribution in [3.05, 3.63) is 38.8 Å². The third-order valence-electron chi connectivity index (χ3n) is 3.90. The van der Waals surface area contributed by atoms with Gasteiger partial charge in [-0.05, 0) is 32.8 Å². The standard InChI is InChI=1S/C18H17F2N3O2S/c1-10-7-23(8-11(2)25-10)18-14(9-24)6-13(16(19)17(18)20)4-5-15-22-21-12(3)26-15/h6,9-11H,7-8H2,1-3H3/t10-,11+. The first-order chi connectivity index (χ1) is 12.4. The number of benzene rings is 1. The summed E-state index contributed by atoms with van der Waals surface area (Å²) in [6.07, 6.45) is 0.213. The maximum atomic E-state index is 14.8. The second-order valence-corrected chi connectivity index (χ2v) is 7.33. The second-order valence-electron chi connectivity index (χ2n) is 6.15. The zero-order valence-electron chi connectivity index (χ0n) is 14.5. The topological polar surface area (TPSA) is 55.3 Å². The Morgan fingerprint density at radius 3 is 2.50 bits per heavy atom. The lowest BCUT2D eigenvalue weighted by Crippen LogP contribution is -2.46. The number of hydrogen-bond acceptors (Lipinski definition) is 6. The van der Waals surface area contributed by atoms with Crippen molar-refractivity contribution in [3.63, 3.8) is 0 Å². The normalized spacial score (nSPS) is 19.8. The molecule has 2 atom stereocenters. The average molecular weight is 377 g/mol. The van der Waals surface area contributed by atoms with Gasteiger partial charge in [0, 0.05) is 18.7 Å².